The first-order valence-corrected chi connectivity index (χ1v) is 7.84. The lowest BCUT2D eigenvalue weighted by Gasteiger charge is -2.08. The number of aliphatic imine (C=N–C) groups is 1. The minimum Gasteiger partial charge on any atom is -0.363 e. The number of hydrogen-bond acceptors (Lipinski definition) is 9. The summed E-state index contributed by atoms with van der Waals surface area (Å²) < 4.78 is 66.5. The second-order valence-corrected chi connectivity index (χ2v) is 5.27. The molecule has 0 aliphatic carbocycles. The molecular formula is C12H11F3N6O4S. The van der Waals surface area contributed by atoms with Crippen LogP contribution in [0.5, 0.6) is 0 Å². The van der Waals surface area contributed by atoms with E-state index in [0.29, 0.717) is 0 Å². The van der Waals surface area contributed by atoms with E-state index in [-0.39, 0.29) is 36.1 Å². The lowest BCUT2D eigenvalue weighted by atomic mass is 10.2. The Morgan fingerprint density at radius 2 is 2.08 bits per heavy atom. The third-order valence-corrected chi connectivity index (χ3v) is 3.23. The van der Waals surface area contributed by atoms with Crippen LogP contribution in [0.2, 0.25) is 0 Å². The summed E-state index contributed by atoms with van der Waals surface area (Å²) in [5.74, 6) is -0.360. The maximum Gasteiger partial charge on any atom is 0.416 e. The highest BCUT2D eigenvalue weighted by Gasteiger charge is 2.30. The monoisotopic (exact) mass is 392 g/mol. The summed E-state index contributed by atoms with van der Waals surface area (Å²) in [6, 6.07) is 4.09. The van der Waals surface area contributed by atoms with Gasteiger partial charge in [0.1, 0.15) is 0 Å². The van der Waals surface area contributed by atoms with Gasteiger partial charge in [0.25, 0.3) is 0 Å². The predicted octanol–water partition coefficient (Wildman–Crippen LogP) is 1.62. The first kappa shape index (κ1) is 19.3. The number of hydroxylamine groups is 1. The summed E-state index contributed by atoms with van der Waals surface area (Å²) in [4.78, 5) is 3.84. The third kappa shape index (κ3) is 5.25. The summed E-state index contributed by atoms with van der Waals surface area (Å²) in [5, 5.41) is 18.8. The number of alkyl halides is 3. The van der Waals surface area contributed by atoms with Crippen LogP contribution >= 0.6 is 0 Å². The van der Waals surface area contributed by atoms with Crippen molar-refractivity contribution in [3.63, 3.8) is 0 Å². The fourth-order valence-electron chi connectivity index (χ4n) is 1.77. The summed E-state index contributed by atoms with van der Waals surface area (Å²) in [6.45, 7) is -0.0630. The van der Waals surface area contributed by atoms with E-state index in [4.69, 9.17) is 0 Å². The molecule has 2 aromatic rings. The molecule has 0 atom stereocenters. The first-order chi connectivity index (χ1) is 12.3. The molecule has 0 aliphatic rings. The molecule has 0 radical (unpaired) electrons. The average molecular weight is 392 g/mol. The highest BCUT2D eigenvalue weighted by Crippen LogP contribution is 2.31. The van der Waals surface area contributed by atoms with Crippen LogP contribution < -0.4 is 10.8 Å². The van der Waals surface area contributed by atoms with Crippen molar-refractivity contribution in [2.75, 3.05) is 18.4 Å². The highest BCUT2D eigenvalue weighted by molar-refractivity contribution is 7.61. The van der Waals surface area contributed by atoms with Gasteiger partial charge in [-0.15, -0.1) is 0 Å². The Bertz CT molecular complexity index is 917. The van der Waals surface area contributed by atoms with Crippen molar-refractivity contribution in [2.45, 2.75) is 6.18 Å². The van der Waals surface area contributed by atoms with E-state index in [0.717, 1.165) is 18.2 Å². The zero-order valence-electron chi connectivity index (χ0n) is 12.7. The van der Waals surface area contributed by atoms with E-state index < -0.39 is 22.2 Å². The molecule has 1 heterocycles. The number of hydrogen-bond donors (Lipinski definition) is 3. The number of nitrogens with one attached hydrogen (secondary N) is 2. The van der Waals surface area contributed by atoms with E-state index in [2.05, 4.69) is 29.6 Å². The molecule has 0 bridgehead atoms. The lowest BCUT2D eigenvalue weighted by molar-refractivity contribution is -0.137. The number of aromatic nitrogens is 2. The molecular weight excluding hydrogens is 381 g/mol. The van der Waals surface area contributed by atoms with E-state index in [1.54, 1.807) is 5.48 Å². The summed E-state index contributed by atoms with van der Waals surface area (Å²) >= 11 is 0. The molecule has 0 saturated carbocycles. The SMILES string of the molecule is O=S(=O)=NCCNc1nonc1C(=Nc1cccc(C(F)(F)F)c1)NO. The molecule has 0 saturated heterocycles. The maximum atomic E-state index is 12.7. The molecule has 10 nitrogen and oxygen atoms in total. The molecule has 0 amide bonds. The van der Waals surface area contributed by atoms with Crippen LogP contribution in [0, 0.1) is 0 Å². The molecule has 14 heteroatoms. The van der Waals surface area contributed by atoms with Crippen molar-refractivity contribution in [3.8, 4) is 0 Å². The Morgan fingerprint density at radius 3 is 2.73 bits per heavy atom. The summed E-state index contributed by atoms with van der Waals surface area (Å²) in [5.41, 5.74) is 0.547. The molecule has 0 aliphatic heterocycles. The second kappa shape index (κ2) is 8.39. The van der Waals surface area contributed by atoms with Gasteiger partial charge < -0.3 is 5.32 Å². The van der Waals surface area contributed by atoms with Crippen LogP contribution in [0.15, 0.2) is 38.2 Å². The second-order valence-electron chi connectivity index (χ2n) is 4.58. The lowest BCUT2D eigenvalue weighted by Crippen LogP contribution is -2.22. The Morgan fingerprint density at radius 1 is 1.31 bits per heavy atom. The van der Waals surface area contributed by atoms with Gasteiger partial charge in [-0.2, -0.15) is 26.0 Å². The van der Waals surface area contributed by atoms with Gasteiger partial charge in [-0.25, -0.2) is 9.62 Å². The Kier molecular flexibility index (Phi) is 6.24. The molecule has 0 fully saturated rings. The normalized spacial score (nSPS) is 11.9. The molecule has 140 valence electrons. The average Bonchev–Trinajstić information content (AvgIpc) is 3.04. The summed E-state index contributed by atoms with van der Waals surface area (Å²) in [7, 11) is -2.56. The number of rotatable bonds is 6. The van der Waals surface area contributed by atoms with Crippen molar-refractivity contribution >= 4 is 27.8 Å². The van der Waals surface area contributed by atoms with E-state index in [9.17, 15) is 26.8 Å². The Hall–Kier alpha value is -3.00. The number of halogens is 3. The third-order valence-electron chi connectivity index (χ3n) is 2.83. The van der Waals surface area contributed by atoms with Gasteiger partial charge in [-0.05, 0) is 28.5 Å². The maximum absolute atomic E-state index is 12.7. The van der Waals surface area contributed by atoms with Gasteiger partial charge in [0.2, 0.25) is 5.82 Å². The zero-order chi connectivity index (χ0) is 19.2. The zero-order valence-corrected chi connectivity index (χ0v) is 13.5. The largest absolute Gasteiger partial charge is 0.416 e. The molecule has 26 heavy (non-hydrogen) atoms. The minimum absolute atomic E-state index is 0.0239. The van der Waals surface area contributed by atoms with Gasteiger partial charge in [0.15, 0.2) is 11.5 Å². The van der Waals surface area contributed by atoms with Crippen molar-refractivity contribution in [1.29, 1.82) is 0 Å². The topological polar surface area (TPSA) is 142 Å². The van der Waals surface area contributed by atoms with Crippen molar-refractivity contribution < 1.29 is 31.4 Å². The summed E-state index contributed by atoms with van der Waals surface area (Å²) in [6.07, 6.45) is -4.55. The van der Waals surface area contributed by atoms with Gasteiger partial charge in [-0.3, -0.25) is 10.7 Å². The van der Waals surface area contributed by atoms with Crippen LogP contribution in [0.25, 0.3) is 0 Å². The minimum atomic E-state index is -4.55. The van der Waals surface area contributed by atoms with Crippen molar-refractivity contribution in [2.24, 2.45) is 9.36 Å². The molecule has 1 aromatic heterocycles. The molecule has 3 N–H and O–H groups in total. The van der Waals surface area contributed by atoms with Gasteiger partial charge in [0, 0.05) is 6.54 Å². The Labute approximate surface area is 145 Å². The first-order valence-electron chi connectivity index (χ1n) is 6.81. The van der Waals surface area contributed by atoms with Crippen molar-refractivity contribution in [3.05, 3.63) is 35.5 Å². The predicted molar refractivity (Wildman–Crippen MR) is 81.6 cm³/mol. The molecule has 1 aromatic carbocycles. The van der Waals surface area contributed by atoms with Crippen molar-refractivity contribution in [1.82, 2.24) is 15.8 Å². The number of amidine groups is 1. The highest BCUT2D eigenvalue weighted by atomic mass is 32.2. The molecule has 0 spiro atoms. The van der Waals surface area contributed by atoms with E-state index >= 15 is 0 Å². The van der Waals surface area contributed by atoms with Crippen LogP contribution in [0.3, 0.4) is 0 Å². The standard InChI is InChI=1S/C12H11F3N6O4S/c13-12(14,15)7-2-1-3-8(6-7)18-11(19-22)9-10(21-25-20-9)16-4-5-17-26(23)24/h1-3,6,22H,4-5H2,(H,16,21)(H,18,19). The van der Waals surface area contributed by atoms with Crippen LogP contribution in [0.1, 0.15) is 11.3 Å². The smallest absolute Gasteiger partial charge is 0.363 e. The fourth-order valence-corrected chi connectivity index (χ4v) is 2.01. The molecule has 2 rings (SSSR count). The molecule has 0 unspecified atom stereocenters. The van der Waals surface area contributed by atoms with E-state index in [1.165, 1.54) is 6.07 Å². The van der Waals surface area contributed by atoms with Gasteiger partial charge in [-0.1, -0.05) is 6.07 Å². The van der Waals surface area contributed by atoms with E-state index in [1.807, 2.05) is 0 Å². The van der Waals surface area contributed by atoms with Gasteiger partial charge in [0.05, 0.1) is 17.8 Å². The van der Waals surface area contributed by atoms with Crippen LogP contribution in [-0.2, 0) is 16.7 Å². The Balaban J connectivity index is 2.25. The number of benzene rings is 1. The van der Waals surface area contributed by atoms with Crippen LogP contribution in [-0.4, -0.2) is 42.9 Å². The fraction of sp³-hybridized carbons (Fsp3) is 0.250. The number of anilines is 1. The van der Waals surface area contributed by atoms with Gasteiger partial charge >= 0.3 is 16.7 Å². The van der Waals surface area contributed by atoms with Crippen LogP contribution in [0.4, 0.5) is 24.7 Å². The quantitative estimate of drug-likeness (QED) is 0.291. The number of nitrogens with zero attached hydrogens (tertiary/aromatic N) is 4.